The molecule has 0 aromatic heterocycles. The largest absolute Gasteiger partial charge is 0.496 e. The Kier molecular flexibility index (Phi) is 7.65. The Labute approximate surface area is 59.7 Å². The molecule has 0 fully saturated rings. The van der Waals surface area contributed by atoms with Crippen LogP contribution in [0.25, 0.3) is 0 Å². The molecule has 0 saturated carbocycles. The first-order valence-corrected chi connectivity index (χ1v) is 3.01. The Balaban J connectivity index is 2.89. The molecular weight excluding hydrogens is 136 g/mol. The van der Waals surface area contributed by atoms with Gasteiger partial charge >= 0.3 is 0 Å². The summed E-state index contributed by atoms with van der Waals surface area (Å²) in [6, 6.07) is 0. The maximum atomic E-state index is 8.23. The molecule has 0 rings (SSSR count). The van der Waals surface area contributed by atoms with Crippen LogP contribution in [0, 0.1) is 0 Å². The number of aliphatic hydroxyl groups is 2. The Bertz CT molecular complexity index is 71.8. The molecule has 0 radical (unpaired) electrons. The minimum atomic E-state index is -0.00958. The zero-order valence-electron chi connectivity index (χ0n) is 5.69. The van der Waals surface area contributed by atoms with Gasteiger partial charge in [0, 0.05) is 0 Å². The topological polar surface area (TPSA) is 58.9 Å². The Morgan fingerprint density at radius 1 is 0.900 bits per heavy atom. The molecule has 0 atom stereocenters. The van der Waals surface area contributed by atoms with Crippen LogP contribution in [0.2, 0.25) is 0 Å². The molecule has 0 aromatic carbocycles. The van der Waals surface area contributed by atoms with E-state index in [2.05, 4.69) is 0 Å². The number of aliphatic hydroxyl groups excluding tert-OH is 2. The average molecular weight is 148 g/mol. The molecule has 0 unspecified atom stereocenters. The lowest BCUT2D eigenvalue weighted by atomic mass is 10.8. The summed E-state index contributed by atoms with van der Waals surface area (Å²) in [5.74, 6) is 0. The minimum absolute atomic E-state index is 0.00958. The van der Waals surface area contributed by atoms with E-state index < -0.39 is 0 Å². The monoisotopic (exact) mass is 148 g/mol. The van der Waals surface area contributed by atoms with Crippen LogP contribution in [0.5, 0.6) is 0 Å². The molecule has 0 aliphatic rings. The maximum Gasteiger partial charge on any atom is 0.117 e. The standard InChI is InChI=1S/C6H12O4/c7-1-3-9-5-6-10-4-2-8/h5-8H,1-4H2/b6-5-. The average Bonchev–Trinajstić information content (AvgIpc) is 1.97. The fourth-order valence-electron chi connectivity index (χ4n) is 0.320. The van der Waals surface area contributed by atoms with Crippen molar-refractivity contribution in [1.29, 1.82) is 0 Å². The predicted molar refractivity (Wildman–Crippen MR) is 35.2 cm³/mol. The SMILES string of the molecule is OCCO/C=C\OCCO. The van der Waals surface area contributed by atoms with Crippen molar-refractivity contribution < 1.29 is 19.7 Å². The van der Waals surface area contributed by atoms with Crippen molar-refractivity contribution in [3.63, 3.8) is 0 Å². The van der Waals surface area contributed by atoms with Gasteiger partial charge in [0.15, 0.2) is 0 Å². The van der Waals surface area contributed by atoms with Crippen molar-refractivity contribution in [3.8, 4) is 0 Å². The van der Waals surface area contributed by atoms with Gasteiger partial charge in [-0.05, 0) is 0 Å². The quantitative estimate of drug-likeness (QED) is 0.393. The molecule has 0 aliphatic carbocycles. The van der Waals surface area contributed by atoms with Crippen molar-refractivity contribution in [2.24, 2.45) is 0 Å². The van der Waals surface area contributed by atoms with Gasteiger partial charge in [0.25, 0.3) is 0 Å². The molecule has 0 heterocycles. The fourth-order valence-corrected chi connectivity index (χ4v) is 0.320. The molecule has 4 nitrogen and oxygen atoms in total. The van der Waals surface area contributed by atoms with Gasteiger partial charge in [-0.2, -0.15) is 0 Å². The summed E-state index contributed by atoms with van der Waals surface area (Å²) in [4.78, 5) is 0. The predicted octanol–water partition coefficient (Wildman–Crippen LogP) is -0.525. The summed E-state index contributed by atoms with van der Waals surface area (Å²) in [5.41, 5.74) is 0. The number of hydrogen-bond donors (Lipinski definition) is 2. The molecule has 60 valence electrons. The van der Waals surface area contributed by atoms with Crippen LogP contribution < -0.4 is 0 Å². The van der Waals surface area contributed by atoms with Gasteiger partial charge in [-0.25, -0.2) is 0 Å². The third-order valence-electron chi connectivity index (χ3n) is 0.666. The Hall–Kier alpha value is -0.740. The zero-order chi connectivity index (χ0) is 7.66. The first kappa shape index (κ1) is 9.26. The lowest BCUT2D eigenvalue weighted by Gasteiger charge is -1.96. The van der Waals surface area contributed by atoms with E-state index in [-0.39, 0.29) is 26.4 Å². The third-order valence-corrected chi connectivity index (χ3v) is 0.666. The van der Waals surface area contributed by atoms with E-state index in [0.29, 0.717) is 0 Å². The Morgan fingerprint density at radius 2 is 1.30 bits per heavy atom. The van der Waals surface area contributed by atoms with Crippen molar-refractivity contribution in [1.82, 2.24) is 0 Å². The first-order valence-electron chi connectivity index (χ1n) is 3.01. The highest BCUT2D eigenvalue weighted by atomic mass is 16.5. The fraction of sp³-hybridized carbons (Fsp3) is 0.667. The van der Waals surface area contributed by atoms with E-state index in [1.165, 1.54) is 12.5 Å². The van der Waals surface area contributed by atoms with Crippen molar-refractivity contribution in [3.05, 3.63) is 12.5 Å². The first-order chi connectivity index (χ1) is 4.91. The lowest BCUT2D eigenvalue weighted by molar-refractivity contribution is 0.139. The zero-order valence-corrected chi connectivity index (χ0v) is 5.69. The van der Waals surface area contributed by atoms with E-state index in [4.69, 9.17) is 19.7 Å². The van der Waals surface area contributed by atoms with Crippen LogP contribution in [0.1, 0.15) is 0 Å². The summed E-state index contributed by atoms with van der Waals surface area (Å²) in [6.07, 6.45) is 2.65. The normalized spacial score (nSPS) is 10.2. The molecule has 0 spiro atoms. The Morgan fingerprint density at radius 3 is 1.60 bits per heavy atom. The van der Waals surface area contributed by atoms with Crippen LogP contribution >= 0.6 is 0 Å². The van der Waals surface area contributed by atoms with Crippen LogP contribution in [-0.4, -0.2) is 36.6 Å². The van der Waals surface area contributed by atoms with Crippen LogP contribution in [0.4, 0.5) is 0 Å². The second kappa shape index (κ2) is 8.26. The van der Waals surface area contributed by atoms with Crippen molar-refractivity contribution in [2.45, 2.75) is 0 Å². The highest BCUT2D eigenvalue weighted by molar-refractivity contribution is 4.60. The van der Waals surface area contributed by atoms with Crippen LogP contribution in [0.3, 0.4) is 0 Å². The van der Waals surface area contributed by atoms with Crippen molar-refractivity contribution in [2.75, 3.05) is 26.4 Å². The smallest absolute Gasteiger partial charge is 0.117 e. The molecule has 10 heavy (non-hydrogen) atoms. The third kappa shape index (κ3) is 7.26. The molecule has 0 bridgehead atoms. The second-order valence-electron chi connectivity index (χ2n) is 1.46. The highest BCUT2D eigenvalue weighted by Crippen LogP contribution is 1.79. The maximum absolute atomic E-state index is 8.23. The van der Waals surface area contributed by atoms with Gasteiger partial charge in [0.2, 0.25) is 0 Å². The summed E-state index contributed by atoms with van der Waals surface area (Å²) in [7, 11) is 0. The van der Waals surface area contributed by atoms with Crippen LogP contribution in [-0.2, 0) is 9.47 Å². The summed E-state index contributed by atoms with van der Waals surface area (Å²) >= 11 is 0. The van der Waals surface area contributed by atoms with Crippen molar-refractivity contribution >= 4 is 0 Å². The highest BCUT2D eigenvalue weighted by Gasteiger charge is 1.77. The molecule has 0 saturated heterocycles. The molecule has 0 aliphatic heterocycles. The molecule has 2 N–H and O–H groups in total. The van der Waals surface area contributed by atoms with E-state index in [1.54, 1.807) is 0 Å². The minimum Gasteiger partial charge on any atom is -0.496 e. The molecule has 4 heteroatoms. The number of rotatable bonds is 6. The molecule has 0 amide bonds. The van der Waals surface area contributed by atoms with Gasteiger partial charge in [0.05, 0.1) is 13.2 Å². The summed E-state index contributed by atoms with van der Waals surface area (Å²) < 4.78 is 9.38. The van der Waals surface area contributed by atoms with Gasteiger partial charge in [-0.15, -0.1) is 0 Å². The van der Waals surface area contributed by atoms with E-state index in [0.717, 1.165) is 0 Å². The van der Waals surface area contributed by atoms with Gasteiger partial charge < -0.3 is 19.7 Å². The van der Waals surface area contributed by atoms with E-state index >= 15 is 0 Å². The van der Waals surface area contributed by atoms with Gasteiger partial charge in [-0.1, -0.05) is 0 Å². The second-order valence-corrected chi connectivity index (χ2v) is 1.46. The summed E-state index contributed by atoms with van der Waals surface area (Å²) in [5, 5.41) is 16.5. The number of hydrogen-bond acceptors (Lipinski definition) is 4. The molecule has 0 aromatic rings. The van der Waals surface area contributed by atoms with Gasteiger partial charge in [-0.3, -0.25) is 0 Å². The summed E-state index contributed by atoms with van der Waals surface area (Å²) in [6.45, 7) is 0.507. The van der Waals surface area contributed by atoms with Gasteiger partial charge in [0.1, 0.15) is 25.7 Å². The van der Waals surface area contributed by atoms with E-state index in [9.17, 15) is 0 Å². The molecular formula is C6H12O4. The number of ether oxygens (including phenoxy) is 2. The van der Waals surface area contributed by atoms with Crippen LogP contribution in [0.15, 0.2) is 12.5 Å². The van der Waals surface area contributed by atoms with E-state index in [1.807, 2.05) is 0 Å². The lowest BCUT2D eigenvalue weighted by Crippen LogP contribution is -1.94.